The second-order valence-electron chi connectivity index (χ2n) is 1.35. The van der Waals surface area contributed by atoms with Gasteiger partial charge < -0.3 is 24.8 Å². The number of hydrogen-bond acceptors (Lipinski definition) is 5. The molecule has 0 fully saturated rings. The summed E-state index contributed by atoms with van der Waals surface area (Å²) in [5.41, 5.74) is 4.76. The molecule has 1 atom stereocenters. The number of rotatable bonds is 4. The minimum atomic E-state index is -3.82. The first-order valence-electron chi connectivity index (χ1n) is 2.38. The summed E-state index contributed by atoms with van der Waals surface area (Å²) in [5.74, 6) is 0. The van der Waals surface area contributed by atoms with Gasteiger partial charge in [0.15, 0.2) is 0 Å². The fourth-order valence-electron chi connectivity index (χ4n) is 0.233. The zero-order valence-corrected chi connectivity index (χ0v) is 8.71. The van der Waals surface area contributed by atoms with Crippen LogP contribution < -0.4 is 40.2 Å². The third-order valence-electron chi connectivity index (χ3n) is 0.603. The van der Waals surface area contributed by atoms with Gasteiger partial charge in [0.2, 0.25) is 0 Å². The van der Waals surface area contributed by atoms with E-state index in [0.29, 0.717) is 0 Å². The van der Waals surface area contributed by atoms with Gasteiger partial charge in [0.1, 0.15) is 7.60 Å². The van der Waals surface area contributed by atoms with Crippen LogP contribution in [0.15, 0.2) is 0 Å². The van der Waals surface area contributed by atoms with Gasteiger partial charge >= 0.3 is 29.6 Å². The van der Waals surface area contributed by atoms with Crippen molar-refractivity contribution in [3.05, 3.63) is 0 Å². The van der Waals surface area contributed by atoms with Crippen molar-refractivity contribution >= 4 is 7.60 Å². The number of hydrogen-bond donors (Lipinski definition) is 2. The Morgan fingerprint density at radius 1 is 1.70 bits per heavy atom. The van der Waals surface area contributed by atoms with E-state index in [9.17, 15) is 9.46 Å². The molecular weight excluding hydrogens is 168 g/mol. The Bertz CT molecular complexity index is 121. The molecule has 0 bridgehead atoms. The van der Waals surface area contributed by atoms with Crippen LogP contribution in [0.2, 0.25) is 0 Å². The molecule has 1 unspecified atom stereocenters. The number of aliphatic hydroxyl groups excluding tert-OH is 1. The maximum absolute atomic E-state index is 10.3. The summed E-state index contributed by atoms with van der Waals surface area (Å²) in [5, 5.41) is 8.10. The minimum Gasteiger partial charge on any atom is -0.778 e. The summed E-state index contributed by atoms with van der Waals surface area (Å²) in [6.45, 7) is -0.524. The summed E-state index contributed by atoms with van der Waals surface area (Å²) in [6.07, 6.45) is -0.521. The Balaban J connectivity index is 0. The first kappa shape index (κ1) is 13.6. The average Bonchev–Trinajstić information content (AvgIpc) is 1.84. The Kier molecular flexibility index (Phi) is 9.22. The van der Waals surface area contributed by atoms with Gasteiger partial charge in [-0.25, -0.2) is 0 Å². The molecule has 0 aromatic heterocycles. The van der Waals surface area contributed by atoms with Crippen LogP contribution in [0.5, 0.6) is 0 Å². The topological polar surface area (TPSA) is 95.6 Å². The predicted octanol–water partition coefficient (Wildman–Crippen LogP) is -4.53. The Morgan fingerprint density at radius 3 is 2.50 bits per heavy atom. The summed E-state index contributed by atoms with van der Waals surface area (Å²) in [6, 6.07) is 0. The van der Waals surface area contributed by atoms with Crippen LogP contribution >= 0.6 is 7.60 Å². The van der Waals surface area contributed by atoms with Gasteiger partial charge in [-0.1, -0.05) is 0 Å². The van der Waals surface area contributed by atoms with Crippen molar-refractivity contribution in [1.82, 2.24) is 0 Å². The van der Waals surface area contributed by atoms with Crippen molar-refractivity contribution in [2.45, 2.75) is 0 Å². The van der Waals surface area contributed by atoms with E-state index in [1.54, 1.807) is 0 Å². The van der Waals surface area contributed by atoms with Gasteiger partial charge in [0.05, 0.1) is 19.5 Å². The van der Waals surface area contributed by atoms with Crippen molar-refractivity contribution in [3.8, 4) is 0 Å². The summed E-state index contributed by atoms with van der Waals surface area (Å²) >= 11 is 0. The van der Waals surface area contributed by atoms with E-state index in [2.05, 4.69) is 4.52 Å². The molecule has 0 aliphatic carbocycles. The second kappa shape index (κ2) is 6.76. The van der Waals surface area contributed by atoms with Gasteiger partial charge in [-0.2, -0.15) is 0 Å². The van der Waals surface area contributed by atoms with Crippen LogP contribution in [-0.4, -0.2) is 24.6 Å². The molecule has 0 amide bonds. The number of aliphatic hydroxyl groups is 1. The van der Waals surface area contributed by atoms with E-state index in [1.165, 1.54) is 0 Å². The van der Waals surface area contributed by atoms with E-state index < -0.39 is 13.9 Å². The van der Waals surface area contributed by atoms with Gasteiger partial charge in [-0.05, 0) is 0 Å². The molecule has 0 saturated heterocycles. The maximum atomic E-state index is 10.3. The van der Waals surface area contributed by atoms with Crippen molar-refractivity contribution in [2.24, 2.45) is 5.73 Å². The second-order valence-corrected chi connectivity index (χ2v) is 3.20. The molecule has 0 aliphatic heterocycles. The molecular formula is C3H9NNaO4P. The molecule has 7 heteroatoms. The van der Waals surface area contributed by atoms with Crippen LogP contribution in [0.1, 0.15) is 0 Å². The first-order valence-corrected chi connectivity index (χ1v) is 4.11. The fourth-order valence-corrected chi connectivity index (χ4v) is 0.698. The molecule has 0 rings (SSSR count). The van der Waals surface area contributed by atoms with Crippen molar-refractivity contribution in [3.63, 3.8) is 0 Å². The molecule has 0 heterocycles. The SMILES string of the molecule is NCP(=O)([O-])OCCO.[Na+]. The first-order chi connectivity index (χ1) is 4.12. The Hall–Kier alpha value is 1.07. The molecule has 0 aromatic carbocycles. The third kappa shape index (κ3) is 7.18. The molecule has 10 heavy (non-hydrogen) atoms. The van der Waals surface area contributed by atoms with Crippen LogP contribution in [-0.2, 0) is 9.09 Å². The molecule has 5 nitrogen and oxygen atoms in total. The normalized spacial score (nSPS) is 15.5. The molecule has 0 aromatic rings. The summed E-state index contributed by atoms with van der Waals surface area (Å²) in [7, 11) is -3.82. The zero-order chi connectivity index (χ0) is 7.33. The maximum Gasteiger partial charge on any atom is 1.00 e. The third-order valence-corrected chi connectivity index (χ3v) is 1.63. The Labute approximate surface area is 81.4 Å². The largest absolute Gasteiger partial charge is 1.00 e. The molecule has 0 radical (unpaired) electrons. The van der Waals surface area contributed by atoms with Crippen LogP contribution in [0, 0.1) is 0 Å². The van der Waals surface area contributed by atoms with Crippen molar-refractivity contribution in [1.29, 1.82) is 0 Å². The fraction of sp³-hybridized carbons (Fsp3) is 1.00. The van der Waals surface area contributed by atoms with Crippen molar-refractivity contribution < 1.29 is 48.6 Å². The summed E-state index contributed by atoms with van der Waals surface area (Å²) in [4.78, 5) is 10.3. The monoisotopic (exact) mass is 177 g/mol. The molecule has 56 valence electrons. The number of nitrogens with two attached hydrogens (primary N) is 1. The average molecular weight is 177 g/mol. The standard InChI is InChI=1S/C3H10NO4P.Na/c4-3-9(6,7)8-2-1-5;/h5H,1-4H2,(H,6,7);/q;+1/p-1. The molecule has 0 spiro atoms. The van der Waals surface area contributed by atoms with E-state index in [-0.39, 0.29) is 42.8 Å². The van der Waals surface area contributed by atoms with Crippen LogP contribution in [0.3, 0.4) is 0 Å². The van der Waals surface area contributed by atoms with Crippen molar-refractivity contribution in [2.75, 3.05) is 19.5 Å². The Morgan fingerprint density at radius 2 is 2.20 bits per heavy atom. The molecule has 0 aliphatic rings. The quantitative estimate of drug-likeness (QED) is 0.333. The van der Waals surface area contributed by atoms with E-state index in [1.807, 2.05) is 0 Å². The minimum absolute atomic E-state index is 0. The van der Waals surface area contributed by atoms with Gasteiger partial charge in [-0.15, -0.1) is 0 Å². The van der Waals surface area contributed by atoms with E-state index in [4.69, 9.17) is 10.8 Å². The van der Waals surface area contributed by atoms with Crippen LogP contribution in [0.4, 0.5) is 0 Å². The molecule has 0 saturated carbocycles. The zero-order valence-electron chi connectivity index (χ0n) is 5.82. The van der Waals surface area contributed by atoms with Crippen LogP contribution in [0.25, 0.3) is 0 Å². The van der Waals surface area contributed by atoms with Gasteiger partial charge in [0.25, 0.3) is 0 Å². The summed E-state index contributed by atoms with van der Waals surface area (Å²) < 4.78 is 14.5. The predicted molar refractivity (Wildman–Crippen MR) is 29.7 cm³/mol. The van der Waals surface area contributed by atoms with E-state index in [0.717, 1.165) is 0 Å². The van der Waals surface area contributed by atoms with E-state index >= 15 is 0 Å². The van der Waals surface area contributed by atoms with Gasteiger partial charge in [0, 0.05) is 0 Å². The van der Waals surface area contributed by atoms with Gasteiger partial charge in [-0.3, -0.25) is 0 Å². The smallest absolute Gasteiger partial charge is 0.778 e. The molecule has 3 N–H and O–H groups in total.